The standard InChI is InChI=1S/C12H16FNS/c1-8-4-10(6-11(13)5-8)12(14)9-2-3-15-7-9/h4-6,9,12H,2-3,7,14H2,1H3. The van der Waals surface area contributed by atoms with E-state index in [2.05, 4.69) is 0 Å². The first-order valence-corrected chi connectivity index (χ1v) is 6.42. The van der Waals surface area contributed by atoms with Gasteiger partial charge in [0.25, 0.3) is 0 Å². The first-order valence-electron chi connectivity index (χ1n) is 5.27. The molecule has 0 aliphatic carbocycles. The average molecular weight is 225 g/mol. The van der Waals surface area contributed by atoms with Crippen LogP contribution in [0.5, 0.6) is 0 Å². The Morgan fingerprint density at radius 1 is 1.47 bits per heavy atom. The molecule has 1 nitrogen and oxygen atoms in total. The average Bonchev–Trinajstić information content (AvgIpc) is 2.67. The zero-order valence-electron chi connectivity index (χ0n) is 8.87. The number of rotatable bonds is 2. The summed E-state index contributed by atoms with van der Waals surface area (Å²) >= 11 is 1.94. The maximum Gasteiger partial charge on any atom is 0.123 e. The minimum atomic E-state index is -0.175. The Hall–Kier alpha value is -0.540. The van der Waals surface area contributed by atoms with Gasteiger partial charge in [-0.2, -0.15) is 11.8 Å². The zero-order chi connectivity index (χ0) is 10.8. The normalized spacial score (nSPS) is 23.0. The van der Waals surface area contributed by atoms with E-state index in [0.29, 0.717) is 5.92 Å². The zero-order valence-corrected chi connectivity index (χ0v) is 9.69. The van der Waals surface area contributed by atoms with Crippen molar-refractivity contribution in [3.8, 4) is 0 Å². The van der Waals surface area contributed by atoms with Crippen LogP contribution in [-0.2, 0) is 0 Å². The van der Waals surface area contributed by atoms with Crippen LogP contribution < -0.4 is 5.73 Å². The summed E-state index contributed by atoms with van der Waals surface area (Å²) in [6.07, 6.45) is 1.15. The molecule has 2 N–H and O–H groups in total. The van der Waals surface area contributed by atoms with Gasteiger partial charge < -0.3 is 5.73 Å². The van der Waals surface area contributed by atoms with E-state index >= 15 is 0 Å². The van der Waals surface area contributed by atoms with Crippen molar-refractivity contribution in [2.75, 3.05) is 11.5 Å². The van der Waals surface area contributed by atoms with Crippen molar-refractivity contribution in [1.29, 1.82) is 0 Å². The number of benzene rings is 1. The van der Waals surface area contributed by atoms with E-state index in [1.165, 1.54) is 5.75 Å². The fourth-order valence-electron chi connectivity index (χ4n) is 2.07. The monoisotopic (exact) mass is 225 g/mol. The smallest absolute Gasteiger partial charge is 0.123 e. The van der Waals surface area contributed by atoms with Gasteiger partial charge in [-0.15, -0.1) is 0 Å². The number of hydrogen-bond donors (Lipinski definition) is 1. The Labute approximate surface area is 94.2 Å². The molecule has 1 aliphatic heterocycles. The lowest BCUT2D eigenvalue weighted by atomic mass is 9.92. The third-order valence-corrected chi connectivity index (χ3v) is 4.11. The molecule has 0 aromatic heterocycles. The van der Waals surface area contributed by atoms with Crippen LogP contribution in [0.3, 0.4) is 0 Å². The fourth-order valence-corrected chi connectivity index (χ4v) is 3.38. The Kier molecular flexibility index (Phi) is 3.32. The summed E-state index contributed by atoms with van der Waals surface area (Å²) in [7, 11) is 0. The van der Waals surface area contributed by atoms with Gasteiger partial charge in [0.1, 0.15) is 5.82 Å². The summed E-state index contributed by atoms with van der Waals surface area (Å²) in [5.41, 5.74) is 8.05. The van der Waals surface area contributed by atoms with Gasteiger partial charge in [0.05, 0.1) is 0 Å². The summed E-state index contributed by atoms with van der Waals surface area (Å²) < 4.78 is 13.2. The summed E-state index contributed by atoms with van der Waals surface area (Å²) in [6.45, 7) is 1.91. The summed E-state index contributed by atoms with van der Waals surface area (Å²) in [4.78, 5) is 0. The molecule has 0 bridgehead atoms. The molecule has 2 rings (SSSR count). The summed E-state index contributed by atoms with van der Waals surface area (Å²) in [6, 6.07) is 5.10. The van der Waals surface area contributed by atoms with E-state index in [-0.39, 0.29) is 11.9 Å². The van der Waals surface area contributed by atoms with E-state index in [0.717, 1.165) is 23.3 Å². The fraction of sp³-hybridized carbons (Fsp3) is 0.500. The second-order valence-corrected chi connectivity index (χ2v) is 5.36. The molecule has 0 radical (unpaired) electrons. The molecule has 1 saturated heterocycles. The van der Waals surface area contributed by atoms with Crippen LogP contribution in [0.4, 0.5) is 4.39 Å². The molecule has 2 unspecified atom stereocenters. The number of nitrogens with two attached hydrogens (primary N) is 1. The van der Waals surface area contributed by atoms with Gasteiger partial charge >= 0.3 is 0 Å². The third kappa shape index (κ3) is 2.52. The molecule has 1 aromatic rings. The van der Waals surface area contributed by atoms with Crippen molar-refractivity contribution >= 4 is 11.8 Å². The van der Waals surface area contributed by atoms with Gasteiger partial charge in [0, 0.05) is 6.04 Å². The number of hydrogen-bond acceptors (Lipinski definition) is 2. The van der Waals surface area contributed by atoms with Gasteiger partial charge in [-0.1, -0.05) is 6.07 Å². The molecule has 1 heterocycles. The van der Waals surface area contributed by atoms with Crippen LogP contribution in [0, 0.1) is 18.7 Å². The highest BCUT2D eigenvalue weighted by atomic mass is 32.2. The summed E-state index contributed by atoms with van der Waals surface area (Å²) in [5, 5.41) is 0. The van der Waals surface area contributed by atoms with Gasteiger partial charge in [-0.25, -0.2) is 4.39 Å². The number of thioether (sulfide) groups is 1. The Morgan fingerprint density at radius 2 is 2.27 bits per heavy atom. The van der Waals surface area contributed by atoms with Gasteiger partial charge in [-0.3, -0.25) is 0 Å². The van der Waals surface area contributed by atoms with Crippen LogP contribution >= 0.6 is 11.8 Å². The van der Waals surface area contributed by atoms with Crippen molar-refractivity contribution in [2.45, 2.75) is 19.4 Å². The van der Waals surface area contributed by atoms with E-state index in [1.54, 1.807) is 12.1 Å². The molecule has 3 heteroatoms. The predicted molar refractivity (Wildman–Crippen MR) is 63.5 cm³/mol. The molecule has 0 spiro atoms. The van der Waals surface area contributed by atoms with Crippen molar-refractivity contribution in [3.63, 3.8) is 0 Å². The molecule has 82 valence electrons. The van der Waals surface area contributed by atoms with Crippen LogP contribution in [0.25, 0.3) is 0 Å². The first-order chi connectivity index (χ1) is 7.16. The Morgan fingerprint density at radius 3 is 2.87 bits per heavy atom. The quantitative estimate of drug-likeness (QED) is 0.837. The highest BCUT2D eigenvalue weighted by Crippen LogP contribution is 2.33. The summed E-state index contributed by atoms with van der Waals surface area (Å²) in [5.74, 6) is 2.63. The lowest BCUT2D eigenvalue weighted by Gasteiger charge is -2.19. The minimum Gasteiger partial charge on any atom is -0.324 e. The molecular weight excluding hydrogens is 209 g/mol. The molecule has 0 saturated carbocycles. The van der Waals surface area contributed by atoms with E-state index in [4.69, 9.17) is 5.73 Å². The van der Waals surface area contributed by atoms with Crippen molar-refractivity contribution in [2.24, 2.45) is 11.7 Å². The minimum absolute atomic E-state index is 0.00519. The molecule has 2 atom stereocenters. The van der Waals surface area contributed by atoms with Gasteiger partial charge in [0.2, 0.25) is 0 Å². The number of halogens is 1. The third-order valence-electron chi connectivity index (χ3n) is 2.92. The molecular formula is C12H16FNS. The Balaban J connectivity index is 2.20. The highest BCUT2D eigenvalue weighted by molar-refractivity contribution is 7.99. The van der Waals surface area contributed by atoms with Crippen LogP contribution in [0.1, 0.15) is 23.6 Å². The topological polar surface area (TPSA) is 26.0 Å². The molecule has 15 heavy (non-hydrogen) atoms. The van der Waals surface area contributed by atoms with Gasteiger partial charge in [0.15, 0.2) is 0 Å². The van der Waals surface area contributed by atoms with Crippen molar-refractivity contribution < 1.29 is 4.39 Å². The molecule has 0 amide bonds. The number of aryl methyl sites for hydroxylation is 1. The second kappa shape index (κ2) is 4.54. The van der Waals surface area contributed by atoms with E-state index < -0.39 is 0 Å². The SMILES string of the molecule is Cc1cc(F)cc(C(N)C2CCSC2)c1. The Bertz CT molecular complexity index is 327. The largest absolute Gasteiger partial charge is 0.324 e. The molecule has 1 aromatic carbocycles. The molecule has 1 aliphatic rings. The van der Waals surface area contributed by atoms with E-state index in [1.807, 2.05) is 24.8 Å². The van der Waals surface area contributed by atoms with Crippen LogP contribution in [0.2, 0.25) is 0 Å². The van der Waals surface area contributed by atoms with Crippen molar-refractivity contribution in [3.05, 3.63) is 35.1 Å². The predicted octanol–water partition coefficient (Wildman–Crippen LogP) is 2.89. The van der Waals surface area contributed by atoms with Crippen molar-refractivity contribution in [1.82, 2.24) is 0 Å². The first kappa shape index (κ1) is 11.0. The highest BCUT2D eigenvalue weighted by Gasteiger charge is 2.23. The maximum atomic E-state index is 13.2. The lowest BCUT2D eigenvalue weighted by Crippen LogP contribution is -2.21. The lowest BCUT2D eigenvalue weighted by molar-refractivity contribution is 0.479. The second-order valence-electron chi connectivity index (χ2n) is 4.21. The van der Waals surface area contributed by atoms with E-state index in [9.17, 15) is 4.39 Å². The van der Waals surface area contributed by atoms with Crippen LogP contribution in [-0.4, -0.2) is 11.5 Å². The molecule has 1 fully saturated rings. The maximum absolute atomic E-state index is 13.2. The van der Waals surface area contributed by atoms with Crippen LogP contribution in [0.15, 0.2) is 18.2 Å². The van der Waals surface area contributed by atoms with Gasteiger partial charge in [-0.05, 0) is 54.0 Å².